The van der Waals surface area contributed by atoms with Crippen LogP contribution in [0.1, 0.15) is 140 Å². The van der Waals surface area contributed by atoms with Gasteiger partial charge in [-0.25, -0.2) is 0 Å². The lowest BCUT2D eigenvalue weighted by Gasteiger charge is -2.39. The molecule has 0 radical (unpaired) electrons. The first-order valence-corrected chi connectivity index (χ1v) is 16.7. The molecule has 7 heteroatoms. The highest BCUT2D eigenvalue weighted by molar-refractivity contribution is 7.79. The fraction of sp³-hybridized carbons (Fsp3) is 1.00. The maximum atomic E-state index is 8.74. The fourth-order valence-corrected chi connectivity index (χ4v) is 4.60. The van der Waals surface area contributed by atoms with Gasteiger partial charge >= 0.3 is 11.8 Å². The van der Waals surface area contributed by atoms with Gasteiger partial charge < -0.3 is 8.97 Å². The van der Waals surface area contributed by atoms with E-state index in [0.717, 1.165) is 0 Å². The molecule has 0 unspecified atom stereocenters. The second-order valence-electron chi connectivity index (χ2n) is 10.9. The number of unbranched alkanes of at least 4 members (excludes halogenated alkanes) is 7. The van der Waals surface area contributed by atoms with Crippen LogP contribution in [-0.4, -0.2) is 79.4 Å². The van der Waals surface area contributed by atoms with Crippen molar-refractivity contribution >= 4 is 10.4 Å². The molecule has 0 atom stereocenters. The molecule has 2 N–H and O–H groups in total. The normalized spacial score (nSPS) is 11.9. The van der Waals surface area contributed by atoms with Gasteiger partial charge in [-0.2, -0.15) is 8.42 Å². The molecule has 0 heterocycles. The zero-order valence-electron chi connectivity index (χ0n) is 26.9. The number of hydrogen-bond donors (Lipinski definition) is 2. The summed E-state index contributed by atoms with van der Waals surface area (Å²) in [4.78, 5) is 0. The third-order valence-electron chi connectivity index (χ3n) is 7.10. The van der Waals surface area contributed by atoms with Crippen molar-refractivity contribution in [3.05, 3.63) is 0 Å². The van der Waals surface area contributed by atoms with E-state index in [1.807, 2.05) is 0 Å². The predicted molar refractivity (Wildman–Crippen MR) is 160 cm³/mol. The first-order valence-electron chi connectivity index (χ1n) is 15.3. The average Bonchev–Trinajstić information content (AvgIpc) is 2.83. The molecule has 0 saturated carbocycles. The minimum absolute atomic E-state index is 0. The van der Waals surface area contributed by atoms with Crippen LogP contribution in [-0.2, 0) is 10.4 Å². The maximum Gasteiger partial charge on any atom is 1.00 e. The third-order valence-corrected chi connectivity index (χ3v) is 7.10. The molecule has 36 heavy (non-hydrogen) atoms. The van der Waals surface area contributed by atoms with Crippen LogP contribution in [0.2, 0.25) is 0 Å². The second kappa shape index (κ2) is 26.4. The van der Waals surface area contributed by atoms with Crippen molar-refractivity contribution in [2.75, 3.05) is 52.9 Å². The van der Waals surface area contributed by atoms with Crippen molar-refractivity contribution in [3.63, 3.8) is 0 Å². The predicted octanol–water partition coefficient (Wildman–Crippen LogP) is 8.30. The number of rotatable bonds is 21. The maximum absolute atomic E-state index is 8.74. The highest BCUT2D eigenvalue weighted by Gasteiger charge is 2.24. The van der Waals surface area contributed by atoms with E-state index in [-0.39, 0.29) is 1.43 Å². The van der Waals surface area contributed by atoms with Gasteiger partial charge in [0.2, 0.25) is 0 Å². The lowest BCUT2D eigenvalue weighted by atomic mass is 10.1. The van der Waals surface area contributed by atoms with E-state index < -0.39 is 10.4 Å². The largest absolute Gasteiger partial charge is 1.00 e. The van der Waals surface area contributed by atoms with Gasteiger partial charge in [-0.05, 0) is 44.9 Å². The third kappa shape index (κ3) is 30.0. The van der Waals surface area contributed by atoms with Gasteiger partial charge in [-0.1, -0.05) is 93.4 Å². The lowest BCUT2D eigenvalue weighted by Crippen LogP contribution is -2.50. The summed E-state index contributed by atoms with van der Waals surface area (Å²) in [6, 6.07) is 0. The summed E-state index contributed by atoms with van der Waals surface area (Å²) in [6.45, 7) is 26.1. The Morgan fingerprint density at radius 1 is 0.472 bits per heavy atom. The van der Waals surface area contributed by atoms with Crippen LogP contribution in [0.3, 0.4) is 0 Å². The second-order valence-corrected chi connectivity index (χ2v) is 11.8. The average molecular weight is 542 g/mol. The van der Waals surface area contributed by atoms with Gasteiger partial charge in [-0.3, -0.25) is 9.11 Å². The number of nitrogens with zero attached hydrogens (tertiary/aromatic N) is 2. The van der Waals surface area contributed by atoms with Crippen molar-refractivity contribution in [3.8, 4) is 0 Å². The molecule has 222 valence electrons. The van der Waals surface area contributed by atoms with Gasteiger partial charge in [0.25, 0.3) is 0 Å². The molecule has 0 aliphatic rings. The molecule has 0 aliphatic heterocycles. The van der Waals surface area contributed by atoms with Gasteiger partial charge in [0.1, 0.15) is 0 Å². The first kappa shape index (κ1) is 40.3. The molecule has 6 nitrogen and oxygen atoms in total. The molecule has 0 amide bonds. The van der Waals surface area contributed by atoms with Crippen LogP contribution in [0.15, 0.2) is 0 Å². The molecule has 0 aromatic rings. The summed E-state index contributed by atoms with van der Waals surface area (Å²) in [6.07, 6.45) is 19.3. The minimum Gasteiger partial charge on any atom is -0.326 e. The SMILES string of the molecule is CCCC[N+](C)(CCCC)CCCC.CCCC[N+](CCCC)(CCCC)CCCC.O=S(=O)(O)O.[H+]. The molecule has 0 spiro atoms. The van der Waals surface area contributed by atoms with E-state index >= 15 is 0 Å². The zero-order chi connectivity index (χ0) is 28.3. The van der Waals surface area contributed by atoms with E-state index in [9.17, 15) is 0 Å². The number of hydrogen-bond acceptors (Lipinski definition) is 2. The highest BCUT2D eigenvalue weighted by Crippen LogP contribution is 2.16. The van der Waals surface area contributed by atoms with E-state index in [4.69, 9.17) is 17.5 Å². The standard InChI is InChI=1S/C16H36N.C13H30N.H2O4S/c1-5-9-13-17(14-10-6-2,15-11-7-3)16-12-8-4;1-5-8-11-14(4,12-9-6-2)13-10-7-3;1-5(2,3)4/h5-16H2,1-4H3;5-13H2,1-4H3;(H2,1,2,3,4)/q2*+1;/p+1. The Morgan fingerprint density at radius 3 is 0.806 bits per heavy atom. The Hall–Kier alpha value is -0.210. The molecule has 0 aromatic heterocycles. The summed E-state index contributed by atoms with van der Waals surface area (Å²) in [5.74, 6) is 0. The van der Waals surface area contributed by atoms with Gasteiger partial charge in [-0.15, -0.1) is 0 Å². The van der Waals surface area contributed by atoms with Crippen molar-refractivity contribution in [1.29, 1.82) is 0 Å². The molecule has 0 fully saturated rings. The van der Waals surface area contributed by atoms with Crippen molar-refractivity contribution < 1.29 is 27.9 Å². The van der Waals surface area contributed by atoms with Crippen LogP contribution >= 0.6 is 0 Å². The number of quaternary nitrogens is 2. The summed E-state index contributed by atoms with van der Waals surface area (Å²) in [5, 5.41) is 0. The molecule has 0 bridgehead atoms. The zero-order valence-corrected chi connectivity index (χ0v) is 26.7. The Kier molecular flexibility index (Phi) is 29.5. The Bertz CT molecular complexity index is 481. The molecule has 0 aliphatic carbocycles. The van der Waals surface area contributed by atoms with Crippen molar-refractivity contribution in [1.82, 2.24) is 0 Å². The van der Waals surface area contributed by atoms with E-state index in [2.05, 4.69) is 55.5 Å². The summed E-state index contributed by atoms with van der Waals surface area (Å²) in [5.41, 5.74) is 0. The monoisotopic (exact) mass is 541 g/mol. The highest BCUT2D eigenvalue weighted by atomic mass is 32.3. The topological polar surface area (TPSA) is 74.6 Å². The fourth-order valence-electron chi connectivity index (χ4n) is 4.60. The Labute approximate surface area is 229 Å². The Morgan fingerprint density at radius 2 is 0.639 bits per heavy atom. The van der Waals surface area contributed by atoms with Crippen LogP contribution in [0, 0.1) is 0 Å². The van der Waals surface area contributed by atoms with E-state index in [0.29, 0.717) is 0 Å². The van der Waals surface area contributed by atoms with Crippen molar-refractivity contribution in [2.45, 2.75) is 138 Å². The van der Waals surface area contributed by atoms with Crippen LogP contribution < -0.4 is 0 Å². The minimum atomic E-state index is -4.67. The molecular formula is C29H69N2O4S+3. The van der Waals surface area contributed by atoms with E-state index in [1.165, 1.54) is 145 Å². The van der Waals surface area contributed by atoms with Crippen LogP contribution in [0.25, 0.3) is 0 Å². The van der Waals surface area contributed by atoms with Gasteiger partial charge in [0.05, 0.1) is 52.9 Å². The quantitative estimate of drug-likeness (QED) is 0.113. The van der Waals surface area contributed by atoms with Crippen LogP contribution in [0.4, 0.5) is 0 Å². The molecule has 0 rings (SSSR count). The van der Waals surface area contributed by atoms with Gasteiger partial charge in [0, 0.05) is 0 Å². The summed E-state index contributed by atoms with van der Waals surface area (Å²) >= 11 is 0. The summed E-state index contributed by atoms with van der Waals surface area (Å²) < 4.78 is 34.3. The molecule has 0 aromatic carbocycles. The first-order chi connectivity index (χ1) is 16.9. The molecule has 0 saturated heterocycles. The lowest BCUT2D eigenvalue weighted by molar-refractivity contribution is -0.929. The summed E-state index contributed by atoms with van der Waals surface area (Å²) in [7, 11) is -2.22. The van der Waals surface area contributed by atoms with Crippen LogP contribution in [0.5, 0.6) is 0 Å². The van der Waals surface area contributed by atoms with Crippen molar-refractivity contribution in [2.24, 2.45) is 0 Å². The smallest absolute Gasteiger partial charge is 0.326 e. The van der Waals surface area contributed by atoms with Gasteiger partial charge in [0.15, 0.2) is 0 Å². The molecular weight excluding hydrogens is 472 g/mol. The van der Waals surface area contributed by atoms with E-state index in [1.54, 1.807) is 0 Å². The Balaban J connectivity index is -0.000000246.